The highest BCUT2D eigenvalue weighted by Crippen LogP contribution is 2.18. The highest BCUT2D eigenvalue weighted by atomic mass is 19.1. The van der Waals surface area contributed by atoms with Gasteiger partial charge in [0.05, 0.1) is 0 Å². The first kappa shape index (κ1) is 9.47. The number of hydrogen-bond donors (Lipinski definition) is 3. The Hall–Kier alpha value is -1.62. The van der Waals surface area contributed by atoms with Crippen LogP contribution in [0.5, 0.6) is 5.75 Å². The van der Waals surface area contributed by atoms with Gasteiger partial charge in [0.2, 0.25) is 0 Å². The molecule has 0 heterocycles. The fourth-order valence-corrected chi connectivity index (χ4v) is 0.914. The Balaban J connectivity index is 3.05. The molecule has 5 heteroatoms. The molecule has 70 valence electrons. The van der Waals surface area contributed by atoms with Gasteiger partial charge in [-0.2, -0.15) is 0 Å². The van der Waals surface area contributed by atoms with Crippen molar-refractivity contribution in [3.8, 4) is 5.75 Å². The number of carbonyl (C=O) groups excluding carboxylic acids is 1. The van der Waals surface area contributed by atoms with E-state index in [4.69, 9.17) is 5.11 Å². The molecule has 1 aromatic rings. The van der Waals surface area contributed by atoms with Crippen LogP contribution < -0.4 is 10.9 Å². The molecule has 13 heavy (non-hydrogen) atoms. The molecule has 0 atom stereocenters. The summed E-state index contributed by atoms with van der Waals surface area (Å²) in [5, 5.41) is 9.16. The van der Waals surface area contributed by atoms with Crippen LogP contribution in [-0.4, -0.2) is 18.1 Å². The quantitative estimate of drug-likeness (QED) is 0.583. The Kier molecular flexibility index (Phi) is 2.81. The van der Waals surface area contributed by atoms with Crippen molar-refractivity contribution in [3.05, 3.63) is 29.6 Å². The summed E-state index contributed by atoms with van der Waals surface area (Å²) >= 11 is 0. The van der Waals surface area contributed by atoms with Gasteiger partial charge < -0.3 is 5.11 Å². The summed E-state index contributed by atoms with van der Waals surface area (Å²) < 4.78 is 13.0. The number of hydrazine groups is 1. The van der Waals surface area contributed by atoms with E-state index in [0.717, 1.165) is 6.07 Å². The molecule has 0 saturated carbocycles. The summed E-state index contributed by atoms with van der Waals surface area (Å²) in [6.45, 7) is 0. The number of carbonyl (C=O) groups is 1. The molecule has 1 aromatic carbocycles. The van der Waals surface area contributed by atoms with Crippen LogP contribution in [0.1, 0.15) is 10.4 Å². The molecule has 3 N–H and O–H groups in total. The van der Waals surface area contributed by atoms with Crippen molar-refractivity contribution in [1.82, 2.24) is 10.9 Å². The van der Waals surface area contributed by atoms with Crippen molar-refractivity contribution in [1.29, 1.82) is 0 Å². The van der Waals surface area contributed by atoms with Gasteiger partial charge in [-0.3, -0.25) is 10.2 Å². The van der Waals surface area contributed by atoms with Crippen molar-refractivity contribution < 1.29 is 14.3 Å². The van der Waals surface area contributed by atoms with Gasteiger partial charge in [-0.05, 0) is 12.1 Å². The summed E-state index contributed by atoms with van der Waals surface area (Å²) in [6, 6.07) is 3.67. The number of halogens is 1. The largest absolute Gasteiger partial charge is 0.507 e. The van der Waals surface area contributed by atoms with E-state index in [2.05, 4.69) is 10.9 Å². The summed E-state index contributed by atoms with van der Waals surface area (Å²) in [5.41, 5.74) is 4.13. The summed E-state index contributed by atoms with van der Waals surface area (Å²) in [7, 11) is 1.47. The minimum absolute atomic E-state index is 0.364. The van der Waals surface area contributed by atoms with E-state index < -0.39 is 11.7 Å². The molecule has 4 nitrogen and oxygen atoms in total. The first-order valence-corrected chi connectivity index (χ1v) is 3.61. The van der Waals surface area contributed by atoms with Crippen LogP contribution >= 0.6 is 0 Å². The van der Waals surface area contributed by atoms with E-state index >= 15 is 0 Å². The van der Waals surface area contributed by atoms with Gasteiger partial charge in [-0.25, -0.2) is 9.82 Å². The Morgan fingerprint density at radius 2 is 2.23 bits per heavy atom. The second kappa shape index (κ2) is 3.86. The molecule has 0 aliphatic heterocycles. The second-order valence-corrected chi connectivity index (χ2v) is 2.34. The van der Waals surface area contributed by atoms with E-state index in [-0.39, 0.29) is 11.3 Å². The number of hydrogen-bond acceptors (Lipinski definition) is 3. The number of aromatic hydroxyl groups is 1. The van der Waals surface area contributed by atoms with Gasteiger partial charge in [-0.1, -0.05) is 6.07 Å². The number of amides is 1. The summed E-state index contributed by atoms with van der Waals surface area (Å²) in [6.07, 6.45) is 0. The van der Waals surface area contributed by atoms with Gasteiger partial charge in [0, 0.05) is 7.05 Å². The van der Waals surface area contributed by atoms with Crippen molar-refractivity contribution in [2.75, 3.05) is 7.05 Å². The van der Waals surface area contributed by atoms with Gasteiger partial charge in [0.25, 0.3) is 5.91 Å². The predicted octanol–water partition coefficient (Wildman–Crippen LogP) is 0.395. The zero-order valence-corrected chi connectivity index (χ0v) is 6.97. The minimum Gasteiger partial charge on any atom is -0.507 e. The maximum absolute atomic E-state index is 13.0. The van der Waals surface area contributed by atoms with E-state index in [1.165, 1.54) is 19.2 Å². The van der Waals surface area contributed by atoms with Gasteiger partial charge >= 0.3 is 0 Å². The zero-order chi connectivity index (χ0) is 9.84. The summed E-state index contributed by atoms with van der Waals surface area (Å²) in [4.78, 5) is 11.1. The van der Waals surface area contributed by atoms with Crippen LogP contribution in [0, 0.1) is 5.82 Å². The number of phenols is 1. The first-order chi connectivity index (χ1) is 6.16. The first-order valence-electron chi connectivity index (χ1n) is 3.61. The van der Waals surface area contributed by atoms with E-state index in [9.17, 15) is 9.18 Å². The van der Waals surface area contributed by atoms with Crippen LogP contribution in [-0.2, 0) is 0 Å². The van der Waals surface area contributed by atoms with Crippen LogP contribution in [0.3, 0.4) is 0 Å². The van der Waals surface area contributed by atoms with Gasteiger partial charge in [0.15, 0.2) is 0 Å². The third kappa shape index (κ3) is 1.94. The molecule has 0 unspecified atom stereocenters. The van der Waals surface area contributed by atoms with Crippen molar-refractivity contribution in [3.63, 3.8) is 0 Å². The molecule has 0 aliphatic rings. The minimum atomic E-state index is -0.757. The van der Waals surface area contributed by atoms with Crippen LogP contribution in [0.15, 0.2) is 18.2 Å². The lowest BCUT2D eigenvalue weighted by atomic mass is 10.2. The third-order valence-electron chi connectivity index (χ3n) is 1.46. The topological polar surface area (TPSA) is 61.4 Å². The second-order valence-electron chi connectivity index (χ2n) is 2.34. The fourth-order valence-electron chi connectivity index (χ4n) is 0.914. The molecule has 1 amide bonds. The highest BCUT2D eigenvalue weighted by molar-refractivity contribution is 5.96. The molecular weight excluding hydrogens is 175 g/mol. The third-order valence-corrected chi connectivity index (χ3v) is 1.46. The average molecular weight is 184 g/mol. The maximum atomic E-state index is 13.0. The van der Waals surface area contributed by atoms with Crippen LogP contribution in [0.25, 0.3) is 0 Å². The SMILES string of the molecule is CNNC(=O)c1c(O)cccc1F. The fraction of sp³-hybridized carbons (Fsp3) is 0.125. The smallest absolute Gasteiger partial charge is 0.272 e. The van der Waals surface area contributed by atoms with E-state index in [0.29, 0.717) is 0 Å². The molecule has 0 aromatic heterocycles. The Morgan fingerprint density at radius 1 is 1.54 bits per heavy atom. The molecular formula is C8H9FN2O2. The Labute approximate surface area is 74.4 Å². The van der Waals surface area contributed by atoms with Crippen LogP contribution in [0.4, 0.5) is 4.39 Å². The Bertz CT molecular complexity index is 308. The van der Waals surface area contributed by atoms with Crippen molar-refractivity contribution in [2.45, 2.75) is 0 Å². The van der Waals surface area contributed by atoms with E-state index in [1.807, 2.05) is 0 Å². The molecule has 0 fully saturated rings. The molecule has 0 bridgehead atoms. The monoisotopic (exact) mass is 184 g/mol. The lowest BCUT2D eigenvalue weighted by Gasteiger charge is -2.05. The van der Waals surface area contributed by atoms with Gasteiger partial charge in [0.1, 0.15) is 17.1 Å². The zero-order valence-electron chi connectivity index (χ0n) is 6.97. The molecule has 0 radical (unpaired) electrons. The predicted molar refractivity (Wildman–Crippen MR) is 44.6 cm³/mol. The standard InChI is InChI=1S/C8H9FN2O2/c1-10-11-8(13)7-5(9)3-2-4-6(7)12/h2-4,10,12H,1H3,(H,11,13). The molecule has 1 rings (SSSR count). The molecule has 0 aliphatic carbocycles. The lowest BCUT2D eigenvalue weighted by molar-refractivity contribution is 0.0931. The van der Waals surface area contributed by atoms with E-state index in [1.54, 1.807) is 0 Å². The summed E-state index contributed by atoms with van der Waals surface area (Å²) in [5.74, 6) is -1.85. The van der Waals surface area contributed by atoms with Crippen molar-refractivity contribution in [2.24, 2.45) is 0 Å². The Morgan fingerprint density at radius 3 is 2.77 bits per heavy atom. The lowest BCUT2D eigenvalue weighted by Crippen LogP contribution is -2.34. The average Bonchev–Trinajstić information content (AvgIpc) is 2.04. The number of rotatable bonds is 2. The molecule has 0 spiro atoms. The number of phenolic OH excluding ortho intramolecular Hbond substituents is 1. The maximum Gasteiger partial charge on any atom is 0.272 e. The van der Waals surface area contributed by atoms with Crippen LogP contribution in [0.2, 0.25) is 0 Å². The number of nitrogens with one attached hydrogen (secondary N) is 2. The normalized spacial score (nSPS) is 9.69. The molecule has 0 saturated heterocycles. The highest BCUT2D eigenvalue weighted by Gasteiger charge is 2.15. The van der Waals surface area contributed by atoms with Gasteiger partial charge in [-0.15, -0.1) is 0 Å². The van der Waals surface area contributed by atoms with Crippen molar-refractivity contribution >= 4 is 5.91 Å². The number of benzene rings is 1.